The summed E-state index contributed by atoms with van der Waals surface area (Å²) in [6.45, 7) is 4.39. The second-order valence-electron chi connectivity index (χ2n) is 5.23. The normalized spacial score (nSPS) is 13.4. The Balaban J connectivity index is 2.89. The van der Waals surface area contributed by atoms with Crippen LogP contribution in [0.25, 0.3) is 0 Å². The van der Waals surface area contributed by atoms with Crippen molar-refractivity contribution in [2.75, 3.05) is 0 Å². The zero-order valence-corrected chi connectivity index (χ0v) is 12.2. The number of carbonyl (C=O) groups excluding carboxylic acids is 1. The summed E-state index contributed by atoms with van der Waals surface area (Å²) >= 11 is 0. The molecule has 0 aliphatic rings. The summed E-state index contributed by atoms with van der Waals surface area (Å²) in [4.78, 5) is 22.8. The highest BCUT2D eigenvalue weighted by Crippen LogP contribution is 2.28. The van der Waals surface area contributed by atoms with Gasteiger partial charge < -0.3 is 15.2 Å². The van der Waals surface area contributed by atoms with Gasteiger partial charge in [-0.2, -0.15) is 0 Å². The second kappa shape index (κ2) is 6.25. The van der Waals surface area contributed by atoms with Crippen molar-refractivity contribution in [2.45, 2.75) is 38.6 Å². The Bertz CT molecular complexity index is 552. The minimum absolute atomic E-state index is 0.397. The third-order valence-electron chi connectivity index (χ3n) is 3.10. The van der Waals surface area contributed by atoms with Crippen LogP contribution in [0.15, 0.2) is 24.3 Å². The largest absolute Gasteiger partial charge is 0.573 e. The molecule has 0 bridgehead atoms. The molecule has 8 heteroatoms. The minimum Gasteiger partial charge on any atom is -0.480 e. The summed E-state index contributed by atoms with van der Waals surface area (Å²) in [7, 11) is 0. The van der Waals surface area contributed by atoms with Crippen molar-refractivity contribution in [1.82, 2.24) is 5.32 Å². The van der Waals surface area contributed by atoms with Gasteiger partial charge in [0.2, 0.25) is 5.91 Å². The van der Waals surface area contributed by atoms with Crippen LogP contribution < -0.4 is 10.1 Å². The van der Waals surface area contributed by atoms with E-state index in [1.54, 1.807) is 0 Å². The molecule has 0 unspecified atom stereocenters. The van der Waals surface area contributed by atoms with E-state index in [4.69, 9.17) is 5.11 Å². The van der Waals surface area contributed by atoms with Crippen LogP contribution in [0.4, 0.5) is 13.2 Å². The van der Waals surface area contributed by atoms with Gasteiger partial charge in [0.1, 0.15) is 11.8 Å². The van der Waals surface area contributed by atoms with Gasteiger partial charge in [-0.1, -0.05) is 12.1 Å². The molecule has 122 valence electrons. The number of carboxylic acid groups (broad SMARTS) is 1. The molecule has 0 aromatic heterocycles. The summed E-state index contributed by atoms with van der Waals surface area (Å²) in [5.41, 5.74) is -0.683. The maximum atomic E-state index is 12.1. The molecule has 22 heavy (non-hydrogen) atoms. The lowest BCUT2D eigenvalue weighted by molar-refractivity contribution is -0.274. The second-order valence-corrected chi connectivity index (χ2v) is 5.23. The number of alkyl halides is 3. The van der Waals surface area contributed by atoms with E-state index in [-0.39, 0.29) is 0 Å². The molecule has 1 aromatic rings. The number of hydrogen-bond acceptors (Lipinski definition) is 3. The molecule has 0 heterocycles. The van der Waals surface area contributed by atoms with Gasteiger partial charge in [-0.25, -0.2) is 0 Å². The maximum Gasteiger partial charge on any atom is 0.573 e. The molecule has 2 N–H and O–H groups in total. The summed E-state index contributed by atoms with van der Waals surface area (Å²) in [6, 6.07) is 3.77. The van der Waals surface area contributed by atoms with Gasteiger partial charge in [-0.15, -0.1) is 13.2 Å². The smallest absolute Gasteiger partial charge is 0.480 e. The van der Waals surface area contributed by atoms with Gasteiger partial charge in [-0.05, 0) is 38.5 Å². The van der Waals surface area contributed by atoms with Gasteiger partial charge in [0.25, 0.3) is 0 Å². The van der Waals surface area contributed by atoms with Crippen LogP contribution in [-0.2, 0) is 15.0 Å². The molecule has 0 radical (unpaired) electrons. The van der Waals surface area contributed by atoms with E-state index < -0.39 is 35.4 Å². The summed E-state index contributed by atoms with van der Waals surface area (Å²) < 4.78 is 40.0. The van der Waals surface area contributed by atoms with E-state index >= 15 is 0 Å². The van der Waals surface area contributed by atoms with Gasteiger partial charge in [0.15, 0.2) is 0 Å². The topological polar surface area (TPSA) is 75.6 Å². The van der Waals surface area contributed by atoms with Crippen LogP contribution in [0.5, 0.6) is 5.75 Å². The van der Waals surface area contributed by atoms with Crippen molar-refractivity contribution in [1.29, 1.82) is 0 Å². The first-order chi connectivity index (χ1) is 9.93. The highest BCUT2D eigenvalue weighted by molar-refractivity contribution is 5.90. The summed E-state index contributed by atoms with van der Waals surface area (Å²) in [5, 5.41) is 11.1. The Hall–Kier alpha value is -2.25. The van der Waals surface area contributed by atoms with E-state index in [1.807, 2.05) is 0 Å². The number of aliphatic carboxylic acids is 1. The zero-order chi connectivity index (χ0) is 17.1. The lowest BCUT2D eigenvalue weighted by Crippen LogP contribution is -2.46. The predicted octanol–water partition coefficient (Wildman–Crippen LogP) is 2.45. The van der Waals surface area contributed by atoms with Gasteiger partial charge in [0.05, 0.1) is 5.41 Å². The molecule has 1 rings (SSSR count). The van der Waals surface area contributed by atoms with Crippen LogP contribution in [0.1, 0.15) is 26.3 Å². The average Bonchev–Trinajstić information content (AvgIpc) is 2.37. The molecule has 0 saturated carbocycles. The lowest BCUT2D eigenvalue weighted by atomic mass is 9.83. The van der Waals surface area contributed by atoms with Gasteiger partial charge >= 0.3 is 12.3 Å². The third kappa shape index (κ3) is 4.64. The van der Waals surface area contributed by atoms with E-state index in [2.05, 4.69) is 10.1 Å². The first-order valence-corrected chi connectivity index (χ1v) is 6.33. The van der Waals surface area contributed by atoms with Crippen molar-refractivity contribution in [3.8, 4) is 5.75 Å². The molecule has 0 fully saturated rings. The van der Waals surface area contributed by atoms with E-state index in [0.717, 1.165) is 12.1 Å². The standard InChI is InChI=1S/C14H16F3NO4/c1-8(11(19)20)18-12(21)13(2,3)9-4-6-10(7-5-9)22-14(15,16)17/h4-8H,1-3H3,(H,18,21)(H,19,20)/t8-/m0/s1. The Labute approximate surface area is 125 Å². The fourth-order valence-corrected chi connectivity index (χ4v) is 1.64. The molecule has 0 aliphatic heterocycles. The van der Waals surface area contributed by atoms with Crippen LogP contribution in [0.2, 0.25) is 0 Å². The van der Waals surface area contributed by atoms with Gasteiger partial charge in [0, 0.05) is 0 Å². The fraction of sp³-hybridized carbons (Fsp3) is 0.429. The number of rotatable bonds is 5. The van der Waals surface area contributed by atoms with E-state index in [9.17, 15) is 22.8 Å². The molecule has 5 nitrogen and oxygen atoms in total. The van der Waals surface area contributed by atoms with Crippen LogP contribution in [0, 0.1) is 0 Å². The number of ether oxygens (including phenoxy) is 1. The van der Waals surface area contributed by atoms with Crippen LogP contribution >= 0.6 is 0 Å². The Kier molecular flexibility index (Phi) is 5.05. The van der Waals surface area contributed by atoms with Crippen molar-refractivity contribution >= 4 is 11.9 Å². The first kappa shape index (κ1) is 17.8. The van der Waals surface area contributed by atoms with Crippen LogP contribution in [-0.4, -0.2) is 29.4 Å². The molecule has 0 spiro atoms. The number of halogens is 3. The number of carbonyl (C=O) groups is 2. The summed E-state index contributed by atoms with van der Waals surface area (Å²) in [6.07, 6.45) is -4.79. The SMILES string of the molecule is C[C@H](NC(=O)C(C)(C)c1ccc(OC(F)(F)F)cc1)C(=O)O. The van der Waals surface area contributed by atoms with Crippen molar-refractivity contribution < 1.29 is 32.6 Å². The number of hydrogen-bond donors (Lipinski definition) is 2. The highest BCUT2D eigenvalue weighted by atomic mass is 19.4. The zero-order valence-electron chi connectivity index (χ0n) is 12.2. The van der Waals surface area contributed by atoms with Crippen molar-refractivity contribution in [2.24, 2.45) is 0 Å². The third-order valence-corrected chi connectivity index (χ3v) is 3.10. The average molecular weight is 319 g/mol. The maximum absolute atomic E-state index is 12.1. The summed E-state index contributed by atoms with van der Waals surface area (Å²) in [5.74, 6) is -2.13. The van der Waals surface area contributed by atoms with Crippen molar-refractivity contribution in [3.63, 3.8) is 0 Å². The lowest BCUT2D eigenvalue weighted by Gasteiger charge is -2.25. The van der Waals surface area contributed by atoms with E-state index in [0.29, 0.717) is 5.56 Å². The Morgan fingerprint density at radius 2 is 1.68 bits per heavy atom. The molecular formula is C14H16F3NO4. The van der Waals surface area contributed by atoms with Crippen LogP contribution in [0.3, 0.4) is 0 Å². The monoisotopic (exact) mass is 319 g/mol. The Morgan fingerprint density at radius 1 is 1.18 bits per heavy atom. The number of amides is 1. The molecule has 1 atom stereocenters. The number of carboxylic acids is 1. The molecule has 1 aromatic carbocycles. The minimum atomic E-state index is -4.79. The number of nitrogens with one attached hydrogen (secondary N) is 1. The highest BCUT2D eigenvalue weighted by Gasteiger charge is 2.33. The quantitative estimate of drug-likeness (QED) is 0.874. The molecule has 0 aliphatic carbocycles. The van der Waals surface area contributed by atoms with Crippen molar-refractivity contribution in [3.05, 3.63) is 29.8 Å². The fourth-order valence-electron chi connectivity index (χ4n) is 1.64. The van der Waals surface area contributed by atoms with Gasteiger partial charge in [-0.3, -0.25) is 9.59 Å². The molecular weight excluding hydrogens is 303 g/mol. The van der Waals surface area contributed by atoms with E-state index in [1.165, 1.54) is 32.9 Å². The molecule has 0 saturated heterocycles. The molecule has 1 amide bonds. The number of benzene rings is 1. The Morgan fingerprint density at radius 3 is 2.09 bits per heavy atom. The first-order valence-electron chi connectivity index (χ1n) is 6.33. The predicted molar refractivity (Wildman–Crippen MR) is 71.4 cm³/mol.